The number of hydrogen-bond donors (Lipinski definition) is 1. The van der Waals surface area contributed by atoms with Gasteiger partial charge in [0, 0.05) is 32.1 Å². The molecule has 2 aromatic rings. The van der Waals surface area contributed by atoms with Crippen LogP contribution in [0.1, 0.15) is 38.5 Å². The lowest BCUT2D eigenvalue weighted by Crippen LogP contribution is -2.41. The number of rotatable bonds is 5. The van der Waals surface area contributed by atoms with Gasteiger partial charge in [0.05, 0.1) is 11.4 Å². The van der Waals surface area contributed by atoms with Crippen molar-refractivity contribution in [3.8, 4) is 0 Å². The lowest BCUT2D eigenvalue weighted by molar-refractivity contribution is -0.120. The Hall–Kier alpha value is -2.45. The van der Waals surface area contributed by atoms with E-state index in [9.17, 15) is 17.6 Å². The lowest BCUT2D eigenvalue weighted by atomic mass is 9.97. The molecular weight excluding hydrogens is 429 g/mol. The third-order valence-corrected chi connectivity index (χ3v) is 8.32. The second-order valence-corrected chi connectivity index (χ2v) is 10.4. The number of piperidine rings is 1. The first-order valence-electron chi connectivity index (χ1n) is 11.4. The molecule has 8 heteroatoms. The van der Waals surface area contributed by atoms with Crippen molar-refractivity contribution in [3.05, 3.63) is 54.3 Å². The summed E-state index contributed by atoms with van der Waals surface area (Å²) in [5, 5.41) is 3.08. The number of nitrogens with one attached hydrogen (secondary N) is 1. The Morgan fingerprint density at radius 2 is 1.50 bits per heavy atom. The van der Waals surface area contributed by atoms with Crippen LogP contribution >= 0.6 is 0 Å². The third-order valence-electron chi connectivity index (χ3n) is 6.39. The Kier molecular flexibility index (Phi) is 7.10. The van der Waals surface area contributed by atoms with Gasteiger partial charge in [-0.2, -0.15) is 4.31 Å². The van der Waals surface area contributed by atoms with E-state index in [1.54, 1.807) is 0 Å². The lowest BCUT2D eigenvalue weighted by Gasteiger charge is -2.31. The van der Waals surface area contributed by atoms with Crippen LogP contribution in [0, 0.1) is 11.7 Å². The second-order valence-electron chi connectivity index (χ2n) is 8.52. The van der Waals surface area contributed by atoms with E-state index < -0.39 is 15.8 Å². The highest BCUT2D eigenvalue weighted by molar-refractivity contribution is 7.89. The first-order chi connectivity index (χ1) is 15.5. The van der Waals surface area contributed by atoms with E-state index in [0.29, 0.717) is 12.8 Å². The van der Waals surface area contributed by atoms with Gasteiger partial charge in [0.25, 0.3) is 0 Å². The van der Waals surface area contributed by atoms with Crippen LogP contribution in [-0.2, 0) is 14.8 Å². The quantitative estimate of drug-likeness (QED) is 0.726. The van der Waals surface area contributed by atoms with Gasteiger partial charge in [0.1, 0.15) is 10.7 Å². The number of hydrogen-bond acceptors (Lipinski definition) is 4. The van der Waals surface area contributed by atoms with Crippen molar-refractivity contribution in [1.29, 1.82) is 0 Å². The van der Waals surface area contributed by atoms with E-state index in [-0.39, 0.29) is 29.8 Å². The van der Waals surface area contributed by atoms with Gasteiger partial charge in [-0.25, -0.2) is 12.8 Å². The highest BCUT2D eigenvalue weighted by Gasteiger charge is 2.33. The Balaban J connectivity index is 1.40. The van der Waals surface area contributed by atoms with Crippen LogP contribution < -0.4 is 10.2 Å². The van der Waals surface area contributed by atoms with Gasteiger partial charge >= 0.3 is 0 Å². The van der Waals surface area contributed by atoms with Gasteiger partial charge in [-0.15, -0.1) is 0 Å². The summed E-state index contributed by atoms with van der Waals surface area (Å²) in [6, 6.07) is 13.3. The van der Waals surface area contributed by atoms with E-state index in [0.717, 1.165) is 43.4 Å². The van der Waals surface area contributed by atoms with Gasteiger partial charge in [0.2, 0.25) is 15.9 Å². The summed E-state index contributed by atoms with van der Waals surface area (Å²) in [7, 11) is -3.91. The monoisotopic (exact) mass is 459 g/mol. The molecule has 0 saturated carbocycles. The molecule has 0 spiro atoms. The molecule has 2 saturated heterocycles. The average molecular weight is 460 g/mol. The largest absolute Gasteiger partial charge is 0.370 e. The first-order valence-corrected chi connectivity index (χ1v) is 12.8. The maximum Gasteiger partial charge on any atom is 0.245 e. The molecule has 32 heavy (non-hydrogen) atoms. The van der Waals surface area contributed by atoms with Crippen LogP contribution in [-0.4, -0.2) is 44.8 Å². The van der Waals surface area contributed by atoms with Crippen LogP contribution in [0.4, 0.5) is 15.8 Å². The second kappa shape index (κ2) is 10.0. The van der Waals surface area contributed by atoms with Gasteiger partial charge in [-0.05, 0) is 49.9 Å². The molecule has 0 aromatic heterocycles. The molecule has 2 aliphatic rings. The van der Waals surface area contributed by atoms with Crippen molar-refractivity contribution in [1.82, 2.24) is 4.31 Å². The van der Waals surface area contributed by atoms with Crippen LogP contribution in [0.2, 0.25) is 0 Å². The summed E-state index contributed by atoms with van der Waals surface area (Å²) in [4.78, 5) is 15.0. The predicted molar refractivity (Wildman–Crippen MR) is 124 cm³/mol. The van der Waals surface area contributed by atoms with Crippen LogP contribution in [0.25, 0.3) is 0 Å². The van der Waals surface area contributed by atoms with Crippen molar-refractivity contribution in [2.75, 3.05) is 36.4 Å². The first kappa shape index (κ1) is 22.7. The smallest absolute Gasteiger partial charge is 0.245 e. The Morgan fingerprint density at radius 1 is 0.875 bits per heavy atom. The molecule has 2 aromatic carbocycles. The summed E-state index contributed by atoms with van der Waals surface area (Å²) < 4.78 is 40.9. The molecule has 6 nitrogen and oxygen atoms in total. The maximum absolute atomic E-state index is 14.0. The van der Waals surface area contributed by atoms with E-state index in [1.807, 2.05) is 24.3 Å². The fraction of sp³-hybridized carbons (Fsp3) is 0.458. The van der Waals surface area contributed by atoms with E-state index in [4.69, 9.17) is 0 Å². The minimum Gasteiger partial charge on any atom is -0.370 e. The molecule has 0 radical (unpaired) electrons. The number of carbonyl (C=O) groups is 1. The normalized spacial score (nSPS) is 18.8. The molecule has 2 fully saturated rings. The number of amides is 1. The van der Waals surface area contributed by atoms with Crippen LogP contribution in [0.15, 0.2) is 53.4 Å². The minimum absolute atomic E-state index is 0.0878. The molecular formula is C24H30FN3O3S. The van der Waals surface area contributed by atoms with Crippen molar-refractivity contribution < 1.29 is 17.6 Å². The molecule has 4 rings (SSSR count). The molecule has 0 atom stereocenters. The van der Waals surface area contributed by atoms with Gasteiger partial charge in [-0.1, -0.05) is 37.1 Å². The van der Waals surface area contributed by atoms with Crippen molar-refractivity contribution in [2.45, 2.75) is 43.4 Å². The fourth-order valence-corrected chi connectivity index (χ4v) is 6.09. The van der Waals surface area contributed by atoms with Crippen molar-refractivity contribution >= 4 is 27.3 Å². The van der Waals surface area contributed by atoms with Crippen molar-refractivity contribution in [2.24, 2.45) is 5.92 Å². The number of nitrogens with zero attached hydrogens (tertiary/aromatic N) is 2. The zero-order chi connectivity index (χ0) is 22.6. The van der Waals surface area contributed by atoms with E-state index in [1.165, 1.54) is 35.3 Å². The van der Waals surface area contributed by atoms with Gasteiger partial charge < -0.3 is 10.2 Å². The standard InChI is InChI=1S/C24H30FN3O3S/c25-20-9-3-6-12-23(20)32(30,31)28-17-13-19(14-18-28)24(29)26-21-10-4-5-11-22(21)27-15-7-1-2-8-16-27/h3-6,9-12,19H,1-2,7-8,13-18H2,(H,26,29). The van der Waals surface area contributed by atoms with E-state index in [2.05, 4.69) is 10.2 Å². The fourth-order valence-electron chi connectivity index (χ4n) is 4.55. The van der Waals surface area contributed by atoms with Crippen LogP contribution in [0.3, 0.4) is 0 Å². The number of benzene rings is 2. The molecule has 2 aliphatic heterocycles. The highest BCUT2D eigenvalue weighted by atomic mass is 32.2. The van der Waals surface area contributed by atoms with E-state index >= 15 is 0 Å². The zero-order valence-corrected chi connectivity index (χ0v) is 19.0. The number of anilines is 2. The van der Waals surface area contributed by atoms with Crippen molar-refractivity contribution in [3.63, 3.8) is 0 Å². The average Bonchev–Trinajstić information content (AvgIpc) is 3.09. The molecule has 2 heterocycles. The number of carbonyl (C=O) groups excluding carboxylic acids is 1. The molecule has 172 valence electrons. The molecule has 0 bridgehead atoms. The highest BCUT2D eigenvalue weighted by Crippen LogP contribution is 2.30. The van der Waals surface area contributed by atoms with Crippen LogP contribution in [0.5, 0.6) is 0 Å². The topological polar surface area (TPSA) is 69.7 Å². The Bertz CT molecular complexity index is 1040. The third kappa shape index (κ3) is 4.96. The van der Waals surface area contributed by atoms with Gasteiger partial charge in [0.15, 0.2) is 0 Å². The molecule has 0 unspecified atom stereocenters. The Morgan fingerprint density at radius 3 is 2.19 bits per heavy atom. The Labute approximate surface area is 189 Å². The minimum atomic E-state index is -3.91. The number of halogens is 1. The maximum atomic E-state index is 14.0. The summed E-state index contributed by atoms with van der Waals surface area (Å²) in [5.74, 6) is -1.12. The number of sulfonamides is 1. The zero-order valence-electron chi connectivity index (χ0n) is 18.2. The molecule has 1 N–H and O–H groups in total. The molecule has 0 aliphatic carbocycles. The number of para-hydroxylation sites is 2. The summed E-state index contributed by atoms with van der Waals surface area (Å²) in [6.45, 7) is 2.36. The summed E-state index contributed by atoms with van der Waals surface area (Å²) >= 11 is 0. The summed E-state index contributed by atoms with van der Waals surface area (Å²) in [6.07, 6.45) is 5.59. The van der Waals surface area contributed by atoms with Gasteiger partial charge in [-0.3, -0.25) is 4.79 Å². The SMILES string of the molecule is O=C(Nc1ccccc1N1CCCCCC1)C1CCN(S(=O)(=O)c2ccccc2F)CC1. The molecule has 1 amide bonds. The summed E-state index contributed by atoms with van der Waals surface area (Å²) in [5.41, 5.74) is 1.85. The predicted octanol–water partition coefficient (Wildman–Crippen LogP) is 4.25.